The third-order valence-corrected chi connectivity index (χ3v) is 6.77. The number of alkyl halides is 2. The van der Waals surface area contributed by atoms with E-state index in [9.17, 15) is 8.78 Å². The second-order valence-corrected chi connectivity index (χ2v) is 9.50. The van der Waals surface area contributed by atoms with Crippen molar-refractivity contribution in [3.8, 4) is 22.6 Å². The first kappa shape index (κ1) is 26.4. The smallest absolute Gasteiger partial charge is 0.161 e. The number of fused-ring (bicyclic) bond motifs is 2. The lowest BCUT2D eigenvalue weighted by atomic mass is 10.1. The SMILES string of the molecule is FCCCN(CCF)Cc1cncc(-c2ncc3[nH]nc(C4=CNc5c(ccnc5-c5ccccn5)N4)c3c2F)c1. The standard InChI is InChI=1S/C29H26F3N9/c30-6-3-10-41(11-7-31)17-18-12-19(14-33-13-18)26-25(32)24-22(15-36-26)39-40-27(24)23-16-37-29-21(38-23)5-9-35-28(29)20-4-1-2-8-34-20/h1-2,4-5,8-9,12-16,37-38H,3,6-7,10-11,17H2,(H,39,40). The Kier molecular flexibility index (Phi) is 7.54. The third kappa shape index (κ3) is 5.33. The van der Waals surface area contributed by atoms with Gasteiger partial charge < -0.3 is 10.6 Å². The fourth-order valence-electron chi connectivity index (χ4n) is 4.87. The lowest BCUT2D eigenvalue weighted by molar-refractivity contribution is 0.229. The van der Waals surface area contributed by atoms with Crippen LogP contribution in [0.3, 0.4) is 0 Å². The van der Waals surface area contributed by atoms with E-state index in [4.69, 9.17) is 0 Å². The summed E-state index contributed by atoms with van der Waals surface area (Å²) >= 11 is 0. The van der Waals surface area contributed by atoms with Gasteiger partial charge in [-0.15, -0.1) is 0 Å². The van der Waals surface area contributed by atoms with Crippen LogP contribution >= 0.6 is 0 Å². The second kappa shape index (κ2) is 11.7. The largest absolute Gasteiger partial charge is 0.356 e. The number of aromatic nitrogens is 6. The van der Waals surface area contributed by atoms with Gasteiger partial charge in [0.25, 0.3) is 0 Å². The van der Waals surface area contributed by atoms with Gasteiger partial charge in [0.1, 0.15) is 23.8 Å². The van der Waals surface area contributed by atoms with Crippen LogP contribution in [-0.4, -0.2) is 61.5 Å². The molecule has 0 bridgehead atoms. The first-order valence-electron chi connectivity index (χ1n) is 13.1. The number of nitrogens with zero attached hydrogens (tertiary/aromatic N) is 6. The van der Waals surface area contributed by atoms with Crippen LogP contribution in [-0.2, 0) is 6.54 Å². The van der Waals surface area contributed by atoms with E-state index in [1.807, 2.05) is 29.2 Å². The number of anilines is 2. The van der Waals surface area contributed by atoms with Crippen molar-refractivity contribution in [2.45, 2.75) is 13.0 Å². The minimum absolute atomic E-state index is 0.113. The van der Waals surface area contributed by atoms with Gasteiger partial charge in [0.15, 0.2) is 5.82 Å². The molecule has 5 aromatic rings. The van der Waals surface area contributed by atoms with E-state index in [1.54, 1.807) is 30.9 Å². The average molecular weight is 558 g/mol. The normalized spacial score (nSPS) is 12.6. The molecule has 1 aliphatic heterocycles. The maximum Gasteiger partial charge on any atom is 0.161 e. The van der Waals surface area contributed by atoms with E-state index in [0.29, 0.717) is 53.4 Å². The molecule has 0 amide bonds. The van der Waals surface area contributed by atoms with Crippen LogP contribution in [0.1, 0.15) is 17.7 Å². The summed E-state index contributed by atoms with van der Waals surface area (Å²) in [5.41, 5.74) is 5.58. The fourth-order valence-corrected chi connectivity index (χ4v) is 4.87. The molecule has 1 aliphatic rings. The zero-order valence-corrected chi connectivity index (χ0v) is 21.9. The molecule has 0 unspecified atom stereocenters. The van der Waals surface area contributed by atoms with Crippen LogP contribution < -0.4 is 10.6 Å². The van der Waals surface area contributed by atoms with Gasteiger partial charge in [0.05, 0.1) is 46.5 Å². The van der Waals surface area contributed by atoms with Crippen molar-refractivity contribution in [1.82, 2.24) is 35.0 Å². The van der Waals surface area contributed by atoms with Gasteiger partial charge in [-0.3, -0.25) is 34.3 Å². The number of rotatable bonds is 10. The Bertz CT molecular complexity index is 1710. The summed E-state index contributed by atoms with van der Waals surface area (Å²) < 4.78 is 41.8. The number of pyridine rings is 4. The van der Waals surface area contributed by atoms with Gasteiger partial charge in [0, 0.05) is 56.2 Å². The van der Waals surface area contributed by atoms with Crippen molar-refractivity contribution >= 4 is 28.0 Å². The summed E-state index contributed by atoms with van der Waals surface area (Å²) in [7, 11) is 0. The summed E-state index contributed by atoms with van der Waals surface area (Å²) in [6, 6.07) is 9.19. The zero-order valence-electron chi connectivity index (χ0n) is 21.9. The molecule has 0 saturated carbocycles. The van der Waals surface area contributed by atoms with Gasteiger partial charge in [-0.1, -0.05) is 6.07 Å². The molecule has 0 saturated heterocycles. The molecule has 0 fully saturated rings. The molecule has 41 heavy (non-hydrogen) atoms. The Morgan fingerprint density at radius 1 is 0.878 bits per heavy atom. The molecular weight excluding hydrogens is 531 g/mol. The van der Waals surface area contributed by atoms with E-state index in [1.165, 1.54) is 12.4 Å². The van der Waals surface area contributed by atoms with Crippen LogP contribution in [0, 0.1) is 5.82 Å². The molecule has 12 heteroatoms. The van der Waals surface area contributed by atoms with Gasteiger partial charge in [-0.2, -0.15) is 5.10 Å². The van der Waals surface area contributed by atoms with Crippen molar-refractivity contribution in [3.63, 3.8) is 0 Å². The fraction of sp³-hybridized carbons (Fsp3) is 0.207. The number of hydrogen-bond acceptors (Lipinski definition) is 8. The summed E-state index contributed by atoms with van der Waals surface area (Å²) in [4.78, 5) is 19.3. The predicted molar refractivity (Wildman–Crippen MR) is 152 cm³/mol. The molecule has 9 nitrogen and oxygen atoms in total. The van der Waals surface area contributed by atoms with E-state index < -0.39 is 19.2 Å². The maximum absolute atomic E-state index is 16.1. The molecule has 0 atom stereocenters. The highest BCUT2D eigenvalue weighted by molar-refractivity contribution is 5.99. The zero-order chi connectivity index (χ0) is 28.2. The summed E-state index contributed by atoms with van der Waals surface area (Å²) in [5.74, 6) is -0.555. The van der Waals surface area contributed by atoms with Crippen molar-refractivity contribution in [1.29, 1.82) is 0 Å². The van der Waals surface area contributed by atoms with Crippen LogP contribution in [0.25, 0.3) is 39.2 Å². The summed E-state index contributed by atoms with van der Waals surface area (Å²) in [6.45, 7) is -0.0549. The first-order valence-corrected chi connectivity index (χ1v) is 13.1. The van der Waals surface area contributed by atoms with Gasteiger partial charge in [0.2, 0.25) is 0 Å². The molecule has 0 aliphatic carbocycles. The number of halogens is 3. The van der Waals surface area contributed by atoms with Crippen LogP contribution in [0.2, 0.25) is 0 Å². The third-order valence-electron chi connectivity index (χ3n) is 6.77. The Balaban J connectivity index is 1.31. The van der Waals surface area contributed by atoms with Gasteiger partial charge >= 0.3 is 0 Å². The number of nitrogens with one attached hydrogen (secondary N) is 3. The average Bonchev–Trinajstić information content (AvgIpc) is 3.45. The Labute approximate surface area is 233 Å². The van der Waals surface area contributed by atoms with Gasteiger partial charge in [-0.05, 0) is 36.2 Å². The van der Waals surface area contributed by atoms with Crippen molar-refractivity contribution < 1.29 is 13.2 Å². The molecule has 6 rings (SSSR count). The Morgan fingerprint density at radius 2 is 1.80 bits per heavy atom. The highest BCUT2D eigenvalue weighted by Crippen LogP contribution is 2.38. The number of aromatic amines is 1. The monoisotopic (exact) mass is 557 g/mol. The number of H-pyrrole nitrogens is 1. The topological polar surface area (TPSA) is 108 Å². The maximum atomic E-state index is 16.1. The molecule has 3 N–H and O–H groups in total. The summed E-state index contributed by atoms with van der Waals surface area (Å²) in [5, 5.41) is 14.1. The summed E-state index contributed by atoms with van der Waals surface area (Å²) in [6.07, 6.45) is 10.1. The highest BCUT2D eigenvalue weighted by atomic mass is 19.1. The quantitative estimate of drug-likeness (QED) is 0.204. The molecular formula is C29H26F3N9. The Hall–Kier alpha value is -4.84. The minimum atomic E-state index is -0.555. The number of hydrogen-bond donors (Lipinski definition) is 3. The molecule has 6 heterocycles. The van der Waals surface area contributed by atoms with Crippen LogP contribution in [0.4, 0.5) is 24.5 Å². The van der Waals surface area contributed by atoms with Gasteiger partial charge in [-0.25, -0.2) is 8.78 Å². The minimum Gasteiger partial charge on any atom is -0.356 e. The van der Waals surface area contributed by atoms with Crippen molar-refractivity contribution in [2.24, 2.45) is 0 Å². The van der Waals surface area contributed by atoms with Crippen LogP contribution in [0.15, 0.2) is 67.5 Å². The molecule has 208 valence electrons. The lowest BCUT2D eigenvalue weighted by Crippen LogP contribution is -2.27. The van der Waals surface area contributed by atoms with E-state index in [-0.39, 0.29) is 17.6 Å². The van der Waals surface area contributed by atoms with E-state index in [2.05, 4.69) is 40.8 Å². The Morgan fingerprint density at radius 3 is 2.63 bits per heavy atom. The van der Waals surface area contributed by atoms with Crippen LogP contribution in [0.5, 0.6) is 0 Å². The first-order chi connectivity index (χ1) is 20.2. The molecule has 5 aromatic heterocycles. The highest BCUT2D eigenvalue weighted by Gasteiger charge is 2.23. The second-order valence-electron chi connectivity index (χ2n) is 9.50. The molecule has 0 spiro atoms. The molecule has 0 radical (unpaired) electrons. The van der Waals surface area contributed by atoms with Crippen molar-refractivity contribution in [2.75, 3.05) is 37.1 Å². The van der Waals surface area contributed by atoms with Crippen molar-refractivity contribution in [3.05, 3.63) is 84.6 Å². The molecule has 0 aromatic carbocycles. The lowest BCUT2D eigenvalue weighted by Gasteiger charge is -2.21. The van der Waals surface area contributed by atoms with E-state index in [0.717, 1.165) is 16.9 Å². The predicted octanol–water partition coefficient (Wildman–Crippen LogP) is 5.58. The van der Waals surface area contributed by atoms with E-state index >= 15 is 4.39 Å².